The molecule has 8 rings (SSSR count). The Hall–Kier alpha value is -3.64. The summed E-state index contributed by atoms with van der Waals surface area (Å²) in [7, 11) is -1.10. The topological polar surface area (TPSA) is 100 Å². The van der Waals surface area contributed by atoms with Crippen LogP contribution in [-0.2, 0) is 26.3 Å². The Morgan fingerprint density at radius 1 is 1.09 bits per heavy atom. The van der Waals surface area contributed by atoms with Crippen LogP contribution < -0.4 is 19.3 Å². The van der Waals surface area contributed by atoms with Crippen molar-refractivity contribution in [3.8, 4) is 5.75 Å². The van der Waals surface area contributed by atoms with Crippen LogP contribution in [0.1, 0.15) is 67.4 Å². The first-order valence-electron chi connectivity index (χ1n) is 19.9. The van der Waals surface area contributed by atoms with Gasteiger partial charge in [0.25, 0.3) is 5.91 Å². The molecule has 12 heteroatoms. The first kappa shape index (κ1) is 38.2. The van der Waals surface area contributed by atoms with Crippen molar-refractivity contribution >= 4 is 44.6 Å². The Labute approximate surface area is 331 Å². The zero-order valence-corrected chi connectivity index (χ0v) is 34.0. The average Bonchev–Trinajstić information content (AvgIpc) is 3.32. The Kier molecular flexibility index (Phi) is 10.7. The number of allylic oxidation sites excluding steroid dienone is 1. The third kappa shape index (κ3) is 7.49. The Morgan fingerprint density at radius 3 is 2.67 bits per heavy atom. The lowest BCUT2D eigenvalue weighted by atomic mass is 9.63. The van der Waals surface area contributed by atoms with E-state index in [-0.39, 0.29) is 28.4 Å². The molecule has 1 spiro atoms. The van der Waals surface area contributed by atoms with Crippen LogP contribution in [0.4, 0.5) is 11.5 Å². The summed E-state index contributed by atoms with van der Waals surface area (Å²) in [4.78, 5) is 30.0. The van der Waals surface area contributed by atoms with E-state index in [4.69, 9.17) is 21.1 Å². The van der Waals surface area contributed by atoms with Gasteiger partial charge in [0.05, 0.1) is 28.2 Å². The van der Waals surface area contributed by atoms with Crippen LogP contribution in [0.25, 0.3) is 0 Å². The molecular weight excluding hydrogens is 732 g/mol. The summed E-state index contributed by atoms with van der Waals surface area (Å²) < 4.78 is 30.4. The van der Waals surface area contributed by atoms with Gasteiger partial charge in [0.1, 0.15) is 17.2 Å². The van der Waals surface area contributed by atoms with Crippen LogP contribution in [-0.4, -0.2) is 101 Å². The third-order valence-electron chi connectivity index (χ3n) is 13.5. The van der Waals surface area contributed by atoms with Crippen molar-refractivity contribution in [2.45, 2.75) is 68.6 Å². The smallest absolute Gasteiger partial charge is 0.262 e. The summed E-state index contributed by atoms with van der Waals surface area (Å²) in [5, 5.41) is 0.411. The predicted octanol–water partition coefficient (Wildman–Crippen LogP) is 6.18. The molecule has 1 unspecified atom stereocenters. The number of benzene rings is 2. The number of hydrogen-bond acceptors (Lipinski definition) is 9. The monoisotopic (exact) mass is 786 g/mol. The molecule has 2 aromatic carbocycles. The predicted molar refractivity (Wildman–Crippen MR) is 222 cm³/mol. The highest BCUT2D eigenvalue weighted by molar-refractivity contribution is 7.99. The van der Waals surface area contributed by atoms with E-state index in [2.05, 4.69) is 66.5 Å². The van der Waals surface area contributed by atoms with Gasteiger partial charge in [-0.3, -0.25) is 19.4 Å². The fourth-order valence-electron chi connectivity index (χ4n) is 9.84. The van der Waals surface area contributed by atoms with E-state index in [0.717, 1.165) is 100 Å². The summed E-state index contributed by atoms with van der Waals surface area (Å²) in [5.74, 6) is 6.02. The van der Waals surface area contributed by atoms with Crippen molar-refractivity contribution in [1.82, 2.24) is 19.6 Å². The standard InChI is InChI=1S/C43H55ClN6O4S/c1-30-7-5-16-43(53-3,28-48-19-21-49(22-20-48)40-25-45-17-18-46-40)37-12-9-34(37)26-50-27-42(15-6-8-32-23-35(44)11-13-36(32)42)29-54-39-14-10-33(24-38(39)50)41(51)47-55(4,52)31(30)2/h5,10-11,13-14,16-18,23-25,30-31,34,37H,4,6-9,12,15,19-22,26-29H2,1-3H3,(H,47,51,52)/b16-5+/t30-,31+,34-,37+,42-,43+,55?/m0/s1. The highest BCUT2D eigenvalue weighted by atomic mass is 35.5. The lowest BCUT2D eigenvalue weighted by Gasteiger charge is -2.52. The van der Waals surface area contributed by atoms with Gasteiger partial charge in [-0.25, -0.2) is 9.19 Å². The van der Waals surface area contributed by atoms with Crippen LogP contribution in [0.2, 0.25) is 5.02 Å². The van der Waals surface area contributed by atoms with Crippen LogP contribution in [0.3, 0.4) is 0 Å². The van der Waals surface area contributed by atoms with E-state index in [9.17, 15) is 9.00 Å². The van der Waals surface area contributed by atoms with Gasteiger partial charge < -0.3 is 19.3 Å². The Bertz CT molecular complexity index is 2020. The van der Waals surface area contributed by atoms with Crippen molar-refractivity contribution in [2.75, 3.05) is 69.3 Å². The number of hydrogen-bond donors (Lipinski definition) is 1. The molecule has 1 aromatic heterocycles. The van der Waals surface area contributed by atoms with Crippen LogP contribution in [0, 0.1) is 17.8 Å². The number of rotatable bonds is 4. The molecule has 2 aliphatic carbocycles. The number of amides is 1. The van der Waals surface area contributed by atoms with Crippen LogP contribution in [0.5, 0.6) is 5.75 Å². The van der Waals surface area contributed by atoms with Gasteiger partial charge in [0, 0.05) is 86.6 Å². The fraction of sp³-hybridized carbons (Fsp3) is 0.535. The largest absolute Gasteiger partial charge is 0.490 e. The van der Waals surface area contributed by atoms with Crippen molar-refractivity contribution in [1.29, 1.82) is 0 Å². The molecule has 5 aliphatic rings. The van der Waals surface area contributed by atoms with Gasteiger partial charge in [-0.15, -0.1) is 0 Å². The van der Waals surface area contributed by atoms with E-state index in [1.165, 1.54) is 11.1 Å². The third-order valence-corrected chi connectivity index (χ3v) is 15.9. The first-order chi connectivity index (χ1) is 26.5. The molecule has 3 aliphatic heterocycles. The summed E-state index contributed by atoms with van der Waals surface area (Å²) in [6, 6.07) is 12.0. The quantitative estimate of drug-likeness (QED) is 0.246. The zero-order valence-electron chi connectivity index (χ0n) is 32.4. The number of piperazine rings is 1. The molecule has 3 aromatic rings. The number of aromatic nitrogens is 2. The van der Waals surface area contributed by atoms with E-state index < -0.39 is 15.3 Å². The minimum absolute atomic E-state index is 0.0112. The molecule has 55 heavy (non-hydrogen) atoms. The Morgan fingerprint density at radius 2 is 1.93 bits per heavy atom. The van der Waals surface area contributed by atoms with Gasteiger partial charge in [-0.2, -0.15) is 0 Å². The number of carbonyl (C=O) groups excluding carboxylic acids is 1. The minimum Gasteiger partial charge on any atom is -0.490 e. The summed E-state index contributed by atoms with van der Waals surface area (Å²) in [6.45, 7) is 10.4. The number of methoxy groups -OCH3 is 1. The van der Waals surface area contributed by atoms with Crippen molar-refractivity contribution in [2.24, 2.45) is 17.8 Å². The lowest BCUT2D eigenvalue weighted by molar-refractivity contribution is -0.0920. The molecule has 294 valence electrons. The number of aryl methyl sites for hydroxylation is 1. The van der Waals surface area contributed by atoms with Crippen LogP contribution >= 0.6 is 11.6 Å². The van der Waals surface area contributed by atoms with Crippen molar-refractivity contribution < 1.29 is 18.5 Å². The average molecular weight is 787 g/mol. The second-order valence-electron chi connectivity index (χ2n) is 16.7. The summed E-state index contributed by atoms with van der Waals surface area (Å²) in [5.41, 5.74) is 3.20. The number of nitrogens with zero attached hydrogens (tertiary/aromatic N) is 5. The van der Waals surface area contributed by atoms with Crippen molar-refractivity contribution in [3.05, 3.63) is 88.9 Å². The minimum atomic E-state index is -2.97. The van der Waals surface area contributed by atoms with Crippen LogP contribution in [0.15, 0.2) is 67.1 Å². The fourth-order valence-corrected chi connectivity index (χ4v) is 11.5. The number of fused-ring (bicyclic) bond motifs is 4. The van der Waals surface area contributed by atoms with E-state index in [1.807, 2.05) is 38.4 Å². The Balaban J connectivity index is 1.16. The summed E-state index contributed by atoms with van der Waals surface area (Å²) in [6.07, 6.45) is 15.8. The zero-order chi connectivity index (χ0) is 38.4. The molecule has 2 bridgehead atoms. The highest BCUT2D eigenvalue weighted by Crippen LogP contribution is 2.49. The van der Waals surface area contributed by atoms with Gasteiger partial charge in [0.15, 0.2) is 0 Å². The number of ether oxygens (including phenoxy) is 2. The maximum atomic E-state index is 14.1. The molecule has 1 amide bonds. The maximum Gasteiger partial charge on any atom is 0.262 e. The van der Waals surface area contributed by atoms with Gasteiger partial charge in [0.2, 0.25) is 0 Å². The molecular formula is C43H55ClN6O4S. The molecule has 1 saturated carbocycles. The van der Waals surface area contributed by atoms with Crippen molar-refractivity contribution in [3.63, 3.8) is 0 Å². The number of anilines is 2. The molecule has 4 heterocycles. The molecule has 0 radical (unpaired) electrons. The second kappa shape index (κ2) is 15.4. The van der Waals surface area contributed by atoms with E-state index in [1.54, 1.807) is 18.5 Å². The second-order valence-corrected chi connectivity index (χ2v) is 19.5. The molecule has 10 nitrogen and oxygen atoms in total. The number of carbonyl (C=O) groups is 1. The lowest BCUT2D eigenvalue weighted by Crippen LogP contribution is -2.59. The molecule has 7 atom stereocenters. The first-order valence-corrected chi connectivity index (χ1v) is 22.1. The maximum absolute atomic E-state index is 14.1. The molecule has 1 saturated heterocycles. The number of halogens is 1. The van der Waals surface area contributed by atoms with E-state index in [0.29, 0.717) is 24.5 Å². The van der Waals surface area contributed by atoms with Gasteiger partial charge >= 0.3 is 0 Å². The summed E-state index contributed by atoms with van der Waals surface area (Å²) >= 11 is 6.53. The molecule has 2 fully saturated rings. The highest BCUT2D eigenvalue weighted by Gasteiger charge is 2.50. The number of nitrogens with one attached hydrogen (secondary N) is 1. The SMILES string of the molecule is C=S1(=O)NC(=O)c2ccc3c(c2)N(C[C@@H]2CC[C@H]2[C@@](CN2CCN(c4cnccn4)CC2)(OC)/C=C/C[C@H](C)[C@H]1C)C[C@@]1(CCCc2cc(Cl)ccc21)CO3. The molecule has 1 N–H and O–H groups in total. The van der Waals surface area contributed by atoms with E-state index >= 15 is 0 Å². The normalized spacial score (nSPS) is 33.3. The van der Waals surface area contributed by atoms with Gasteiger partial charge in [-0.1, -0.05) is 36.7 Å². The van der Waals surface area contributed by atoms with Gasteiger partial charge in [-0.05, 0) is 111 Å².